The quantitative estimate of drug-likeness (QED) is 0.142. The van der Waals surface area contributed by atoms with Gasteiger partial charge in [-0.05, 0) is 140 Å². The Hall–Kier alpha value is -8.53. The van der Waals surface area contributed by atoms with Gasteiger partial charge in [-0.25, -0.2) is 4.98 Å². The topological polar surface area (TPSA) is 22.8 Å². The summed E-state index contributed by atoms with van der Waals surface area (Å²) in [6, 6.07) is 89.5. The van der Waals surface area contributed by atoms with Crippen LogP contribution in [0.15, 0.2) is 243 Å². The van der Waals surface area contributed by atoms with Crippen molar-refractivity contribution in [2.24, 2.45) is 5.92 Å². The number of aromatic nitrogens is 3. The van der Waals surface area contributed by atoms with E-state index in [0.29, 0.717) is 5.92 Å². The summed E-state index contributed by atoms with van der Waals surface area (Å²) in [5.74, 6) is 1.50. The summed E-state index contributed by atoms with van der Waals surface area (Å²) in [4.78, 5) is 5.37. The minimum Gasteiger partial charge on any atom is -0.309 e. The second-order valence-corrected chi connectivity index (χ2v) is 19.0. The van der Waals surface area contributed by atoms with Crippen LogP contribution in [-0.2, 0) is 11.8 Å². The summed E-state index contributed by atoms with van der Waals surface area (Å²) in [6.07, 6.45) is 1.06. The zero-order valence-corrected chi connectivity index (χ0v) is 38.7. The Kier molecular flexibility index (Phi) is 9.66. The van der Waals surface area contributed by atoms with Crippen LogP contribution < -0.4 is 0 Å². The number of fused-ring (bicyclic) bond motifs is 7. The Morgan fingerprint density at radius 3 is 1.45 bits per heavy atom. The van der Waals surface area contributed by atoms with E-state index in [-0.39, 0.29) is 0 Å². The molecular weight excluding hydrogens is 835 g/mol. The van der Waals surface area contributed by atoms with Gasteiger partial charge >= 0.3 is 0 Å². The molecule has 0 atom stereocenters. The summed E-state index contributed by atoms with van der Waals surface area (Å²) >= 11 is 0. The van der Waals surface area contributed by atoms with Crippen molar-refractivity contribution in [2.75, 3.05) is 0 Å². The molecule has 10 aromatic carbocycles. The zero-order valence-electron chi connectivity index (χ0n) is 38.7. The fourth-order valence-electron chi connectivity index (χ4n) is 11.5. The molecule has 0 saturated carbocycles. The molecule has 0 aliphatic heterocycles. The Balaban J connectivity index is 0.983. The van der Waals surface area contributed by atoms with Gasteiger partial charge in [0.1, 0.15) is 5.82 Å². The van der Waals surface area contributed by atoms with Crippen LogP contribution >= 0.6 is 0 Å². The highest BCUT2D eigenvalue weighted by Crippen LogP contribution is 2.56. The maximum atomic E-state index is 5.37. The molecule has 0 radical (unpaired) electrons. The van der Waals surface area contributed by atoms with Gasteiger partial charge in [0.2, 0.25) is 0 Å². The molecule has 69 heavy (non-hydrogen) atoms. The molecule has 3 heteroatoms. The van der Waals surface area contributed by atoms with E-state index in [1.807, 2.05) is 0 Å². The van der Waals surface area contributed by atoms with Gasteiger partial charge in [-0.1, -0.05) is 190 Å². The highest BCUT2D eigenvalue weighted by Gasteiger charge is 2.45. The van der Waals surface area contributed by atoms with Gasteiger partial charge < -0.3 is 4.57 Å². The lowest BCUT2D eigenvalue weighted by molar-refractivity contribution is 0.646. The monoisotopic (exact) mass is 883 g/mol. The van der Waals surface area contributed by atoms with Gasteiger partial charge in [0.05, 0.1) is 27.5 Å². The normalized spacial score (nSPS) is 12.8. The molecule has 2 heterocycles. The summed E-state index contributed by atoms with van der Waals surface area (Å²) in [5.41, 5.74) is 20.9. The molecule has 328 valence electrons. The second-order valence-electron chi connectivity index (χ2n) is 19.0. The molecule has 0 fully saturated rings. The zero-order chi connectivity index (χ0) is 46.1. The van der Waals surface area contributed by atoms with E-state index in [1.165, 1.54) is 60.8 Å². The van der Waals surface area contributed by atoms with E-state index in [2.05, 4.69) is 266 Å². The van der Waals surface area contributed by atoms with E-state index in [9.17, 15) is 0 Å². The van der Waals surface area contributed by atoms with Crippen molar-refractivity contribution in [1.82, 2.24) is 14.1 Å². The molecule has 12 aromatic rings. The van der Waals surface area contributed by atoms with Gasteiger partial charge in [0, 0.05) is 27.7 Å². The molecule has 0 unspecified atom stereocenters. The Morgan fingerprint density at radius 1 is 0.391 bits per heavy atom. The van der Waals surface area contributed by atoms with Crippen LogP contribution in [0.5, 0.6) is 0 Å². The summed E-state index contributed by atoms with van der Waals surface area (Å²) in [7, 11) is 0. The molecule has 0 N–H and O–H groups in total. The lowest BCUT2D eigenvalue weighted by Crippen LogP contribution is -2.28. The Labute approximate surface area is 403 Å². The van der Waals surface area contributed by atoms with Crippen LogP contribution in [0.4, 0.5) is 0 Å². The van der Waals surface area contributed by atoms with Gasteiger partial charge in [-0.3, -0.25) is 4.57 Å². The van der Waals surface area contributed by atoms with E-state index < -0.39 is 5.41 Å². The molecule has 0 amide bonds. The number of hydrogen-bond acceptors (Lipinski definition) is 1. The Bertz CT molecular complexity index is 3770. The molecule has 1 aliphatic rings. The minimum absolute atomic E-state index is 0.478. The molecule has 13 rings (SSSR count). The fraction of sp³-hybridized carbons (Fsp3) is 0.0758. The average Bonchev–Trinajstić information content (AvgIpc) is 4.06. The van der Waals surface area contributed by atoms with Gasteiger partial charge in [-0.2, -0.15) is 0 Å². The summed E-state index contributed by atoms with van der Waals surface area (Å²) in [5, 5.41) is 2.52. The van der Waals surface area contributed by atoms with Crippen molar-refractivity contribution in [1.29, 1.82) is 0 Å². The van der Waals surface area contributed by atoms with Crippen LogP contribution in [0.25, 0.3) is 89.0 Å². The Morgan fingerprint density at radius 2 is 0.855 bits per heavy atom. The third-order valence-corrected chi connectivity index (χ3v) is 14.4. The molecule has 2 aromatic heterocycles. The number of rotatable bonds is 9. The van der Waals surface area contributed by atoms with Crippen molar-refractivity contribution in [3.05, 3.63) is 270 Å². The highest BCUT2D eigenvalue weighted by atomic mass is 15.1. The molecule has 0 spiro atoms. The first-order chi connectivity index (χ1) is 34.0. The van der Waals surface area contributed by atoms with Crippen LogP contribution in [0, 0.1) is 5.92 Å². The number of imidazole rings is 1. The largest absolute Gasteiger partial charge is 0.309 e. The van der Waals surface area contributed by atoms with Crippen LogP contribution in [0.1, 0.15) is 41.7 Å². The average molecular weight is 884 g/mol. The number of hydrogen-bond donors (Lipinski definition) is 0. The lowest BCUT2D eigenvalue weighted by atomic mass is 9.67. The smallest absolute Gasteiger partial charge is 0.145 e. The van der Waals surface area contributed by atoms with Crippen molar-refractivity contribution in [3.63, 3.8) is 0 Å². The van der Waals surface area contributed by atoms with Crippen molar-refractivity contribution < 1.29 is 0 Å². The van der Waals surface area contributed by atoms with Crippen molar-refractivity contribution in [2.45, 2.75) is 25.7 Å². The fourth-order valence-corrected chi connectivity index (χ4v) is 11.5. The van der Waals surface area contributed by atoms with Crippen LogP contribution in [-0.4, -0.2) is 14.1 Å². The summed E-state index contributed by atoms with van der Waals surface area (Å²) in [6.45, 7) is 4.59. The predicted molar refractivity (Wildman–Crippen MR) is 288 cm³/mol. The third kappa shape index (κ3) is 6.60. The minimum atomic E-state index is -0.478. The molecule has 3 nitrogen and oxygen atoms in total. The van der Waals surface area contributed by atoms with E-state index in [4.69, 9.17) is 4.98 Å². The third-order valence-electron chi connectivity index (χ3n) is 14.4. The lowest BCUT2D eigenvalue weighted by Gasteiger charge is -2.34. The molecule has 1 aliphatic carbocycles. The second kappa shape index (κ2) is 16.4. The van der Waals surface area contributed by atoms with Gasteiger partial charge in [0.15, 0.2) is 0 Å². The molecular formula is C66H49N3. The first-order valence-corrected chi connectivity index (χ1v) is 24.2. The van der Waals surface area contributed by atoms with Gasteiger partial charge in [0.25, 0.3) is 0 Å². The standard InChI is InChI=1S/C66H49N3/c1-44(2)40-45-28-34-51(35-29-45)66(59-22-10-6-18-55(59)56-19-7-11-23-60(56)66)52-36-30-46(31-37-52)48-41-49(43-50(42-48)65-67-61-24-12-15-27-64(61)69(65)53-16-4-3-5-17-53)47-32-38-54(39-33-47)68-62-25-13-8-20-57(62)58-21-9-14-26-63(58)68/h3-39,41-44H,40H2,1-2H3. The first kappa shape index (κ1) is 40.7. The summed E-state index contributed by atoms with van der Waals surface area (Å²) < 4.78 is 4.69. The number of para-hydroxylation sites is 5. The maximum absolute atomic E-state index is 5.37. The SMILES string of the molecule is CC(C)Cc1ccc(C2(c3ccc(-c4cc(-c5ccc(-n6c7ccccc7c7ccccc76)cc5)cc(-c5nc6ccccc6n5-c5ccccc5)c4)cc3)c3ccccc3-c3ccccc32)cc1. The van der Waals surface area contributed by atoms with E-state index >= 15 is 0 Å². The van der Waals surface area contributed by atoms with Crippen LogP contribution in [0.2, 0.25) is 0 Å². The van der Waals surface area contributed by atoms with Gasteiger partial charge in [-0.15, -0.1) is 0 Å². The molecule has 0 bridgehead atoms. The highest BCUT2D eigenvalue weighted by molar-refractivity contribution is 6.09. The van der Waals surface area contributed by atoms with Crippen molar-refractivity contribution >= 4 is 32.8 Å². The van der Waals surface area contributed by atoms with Crippen molar-refractivity contribution in [3.8, 4) is 56.1 Å². The molecule has 0 saturated heterocycles. The maximum Gasteiger partial charge on any atom is 0.145 e. The van der Waals surface area contributed by atoms with Crippen LogP contribution in [0.3, 0.4) is 0 Å². The number of nitrogens with zero attached hydrogens (tertiary/aromatic N) is 3. The predicted octanol–water partition coefficient (Wildman–Crippen LogP) is 16.7. The van der Waals surface area contributed by atoms with E-state index in [0.717, 1.165) is 62.5 Å². The number of benzene rings is 10. The first-order valence-electron chi connectivity index (χ1n) is 24.2. The van der Waals surface area contributed by atoms with E-state index in [1.54, 1.807) is 0 Å².